The molecular weight excluding hydrogens is 186 g/mol. The van der Waals surface area contributed by atoms with Gasteiger partial charge in [0.15, 0.2) is 0 Å². The van der Waals surface area contributed by atoms with E-state index in [9.17, 15) is 0 Å². The Balaban J connectivity index is 3.30. The number of halogens is 1. The second kappa shape index (κ2) is 6.01. The van der Waals surface area contributed by atoms with E-state index >= 15 is 0 Å². The third-order valence-corrected chi connectivity index (χ3v) is 2.03. The van der Waals surface area contributed by atoms with Crippen LogP contribution in [0.5, 0.6) is 0 Å². The fourth-order valence-electron chi connectivity index (χ4n) is 0.350. The van der Waals surface area contributed by atoms with Crippen LogP contribution in [0.2, 0.25) is 0 Å². The summed E-state index contributed by atoms with van der Waals surface area (Å²) in [6.07, 6.45) is 0. The zero-order chi connectivity index (χ0) is 7.98. The molecule has 0 aromatic rings. The first-order chi connectivity index (χ1) is 4.66. The summed E-state index contributed by atoms with van der Waals surface area (Å²) >= 11 is 12.0. The molecule has 0 aromatic carbocycles. The molecule has 0 heterocycles. The third kappa shape index (κ3) is 6.39. The summed E-state index contributed by atoms with van der Waals surface area (Å²) in [7, 11) is 0. The highest BCUT2D eigenvalue weighted by Gasteiger charge is 1.93. The summed E-state index contributed by atoms with van der Waals surface area (Å²) in [5, 5.41) is 3.53. The van der Waals surface area contributed by atoms with Crippen molar-refractivity contribution in [2.75, 3.05) is 12.3 Å². The maximum absolute atomic E-state index is 5.50. The van der Waals surface area contributed by atoms with Gasteiger partial charge in [0.2, 0.25) is 0 Å². The fourth-order valence-corrected chi connectivity index (χ4v) is 1.28. The number of rotatable bonds is 3. The zero-order valence-electron chi connectivity index (χ0n) is 5.82. The molecule has 0 aromatic heterocycles. The highest BCUT2D eigenvalue weighted by molar-refractivity contribution is 8.22. The lowest BCUT2D eigenvalue weighted by Crippen LogP contribution is -2.19. The van der Waals surface area contributed by atoms with Crippen LogP contribution in [0, 0.1) is 0 Å². The Morgan fingerprint density at radius 2 is 2.40 bits per heavy atom. The van der Waals surface area contributed by atoms with Gasteiger partial charge >= 0.3 is 0 Å². The highest BCUT2D eigenvalue weighted by atomic mass is 35.5. The quantitative estimate of drug-likeness (QED) is 0.695. The van der Waals surface area contributed by atoms with Crippen molar-refractivity contribution in [1.29, 1.82) is 0 Å². The predicted octanol–water partition coefficient (Wildman–Crippen LogP) is 2.37. The van der Waals surface area contributed by atoms with Gasteiger partial charge in [0.25, 0.3) is 0 Å². The minimum atomic E-state index is 0.563. The van der Waals surface area contributed by atoms with E-state index in [0.29, 0.717) is 11.6 Å². The topological polar surface area (TPSA) is 12.0 Å². The smallest absolute Gasteiger partial charge is 0.134 e. The Kier molecular flexibility index (Phi) is 6.17. The standard InChI is InChI=1S/C6H10ClNS2/c1-3-10-6(9)8-4-5(2)7/h2-4H2,1H3,(H,8,9). The Morgan fingerprint density at radius 3 is 2.80 bits per heavy atom. The Labute approximate surface area is 76.2 Å². The molecule has 1 nitrogen and oxygen atoms in total. The first-order valence-electron chi connectivity index (χ1n) is 2.90. The van der Waals surface area contributed by atoms with Crippen molar-refractivity contribution >= 4 is 39.9 Å². The lowest BCUT2D eigenvalue weighted by Gasteiger charge is -2.03. The highest BCUT2D eigenvalue weighted by Crippen LogP contribution is 2.01. The molecule has 0 atom stereocenters. The number of thioether (sulfide) groups is 1. The Hall–Kier alpha value is 0.270. The Morgan fingerprint density at radius 1 is 1.80 bits per heavy atom. The van der Waals surface area contributed by atoms with Crippen LogP contribution in [-0.2, 0) is 0 Å². The van der Waals surface area contributed by atoms with Crippen LogP contribution in [0.25, 0.3) is 0 Å². The van der Waals surface area contributed by atoms with Crippen molar-refractivity contribution in [2.24, 2.45) is 0 Å². The van der Waals surface area contributed by atoms with Crippen LogP contribution in [0.1, 0.15) is 6.92 Å². The fraction of sp³-hybridized carbons (Fsp3) is 0.500. The molecule has 0 aliphatic heterocycles. The van der Waals surface area contributed by atoms with Gasteiger partial charge in [-0.3, -0.25) is 0 Å². The number of nitrogens with one attached hydrogen (secondary N) is 1. The van der Waals surface area contributed by atoms with Crippen molar-refractivity contribution < 1.29 is 0 Å². The van der Waals surface area contributed by atoms with Crippen molar-refractivity contribution in [3.63, 3.8) is 0 Å². The summed E-state index contributed by atoms with van der Waals surface area (Å²) in [6, 6.07) is 0. The van der Waals surface area contributed by atoms with Crippen LogP contribution in [0.3, 0.4) is 0 Å². The molecule has 0 radical (unpaired) electrons. The van der Waals surface area contributed by atoms with E-state index in [2.05, 4.69) is 11.9 Å². The molecule has 0 saturated carbocycles. The van der Waals surface area contributed by atoms with Gasteiger partial charge in [0.1, 0.15) is 4.32 Å². The third-order valence-electron chi connectivity index (χ3n) is 0.700. The summed E-state index contributed by atoms with van der Waals surface area (Å²) in [5.41, 5.74) is 0. The van der Waals surface area contributed by atoms with Gasteiger partial charge in [-0.1, -0.05) is 49.1 Å². The van der Waals surface area contributed by atoms with Crippen LogP contribution in [0.4, 0.5) is 0 Å². The maximum Gasteiger partial charge on any atom is 0.134 e. The van der Waals surface area contributed by atoms with E-state index in [1.807, 2.05) is 6.92 Å². The monoisotopic (exact) mass is 195 g/mol. The van der Waals surface area contributed by atoms with E-state index < -0.39 is 0 Å². The molecule has 0 bridgehead atoms. The minimum Gasteiger partial charge on any atom is -0.366 e. The van der Waals surface area contributed by atoms with E-state index in [0.717, 1.165) is 10.1 Å². The molecule has 4 heteroatoms. The lowest BCUT2D eigenvalue weighted by molar-refractivity contribution is 1.07. The summed E-state index contributed by atoms with van der Waals surface area (Å²) in [4.78, 5) is 0. The van der Waals surface area contributed by atoms with Crippen molar-refractivity contribution in [3.05, 3.63) is 11.6 Å². The second-order valence-corrected chi connectivity index (χ2v) is 4.07. The van der Waals surface area contributed by atoms with E-state index in [-0.39, 0.29) is 0 Å². The van der Waals surface area contributed by atoms with Gasteiger partial charge in [-0.15, -0.1) is 0 Å². The van der Waals surface area contributed by atoms with Crippen LogP contribution >= 0.6 is 35.6 Å². The van der Waals surface area contributed by atoms with E-state index in [1.54, 1.807) is 11.8 Å². The molecule has 0 unspecified atom stereocenters. The molecule has 0 rings (SSSR count). The molecule has 1 N–H and O–H groups in total. The summed E-state index contributed by atoms with van der Waals surface area (Å²) in [5.74, 6) is 0.987. The average Bonchev–Trinajstić information content (AvgIpc) is 1.85. The van der Waals surface area contributed by atoms with Gasteiger partial charge in [-0.05, 0) is 5.75 Å². The molecular formula is C6H10ClNS2. The van der Waals surface area contributed by atoms with Crippen molar-refractivity contribution in [3.8, 4) is 0 Å². The zero-order valence-corrected chi connectivity index (χ0v) is 8.20. The van der Waals surface area contributed by atoms with Crippen LogP contribution in [-0.4, -0.2) is 16.6 Å². The molecule has 0 aliphatic carbocycles. The normalized spacial score (nSPS) is 9.00. The molecule has 10 heavy (non-hydrogen) atoms. The molecule has 0 spiro atoms. The Bertz CT molecular complexity index is 136. The average molecular weight is 196 g/mol. The first kappa shape index (κ1) is 10.3. The van der Waals surface area contributed by atoms with Gasteiger partial charge in [-0.25, -0.2) is 0 Å². The van der Waals surface area contributed by atoms with Crippen LogP contribution < -0.4 is 5.32 Å². The minimum absolute atomic E-state index is 0.563. The van der Waals surface area contributed by atoms with Gasteiger partial charge in [0.05, 0.1) is 6.54 Å². The van der Waals surface area contributed by atoms with Crippen LogP contribution in [0.15, 0.2) is 11.6 Å². The van der Waals surface area contributed by atoms with Crippen molar-refractivity contribution in [1.82, 2.24) is 5.32 Å². The van der Waals surface area contributed by atoms with Gasteiger partial charge < -0.3 is 5.32 Å². The van der Waals surface area contributed by atoms with Gasteiger partial charge in [-0.2, -0.15) is 0 Å². The predicted molar refractivity (Wildman–Crippen MR) is 53.7 cm³/mol. The largest absolute Gasteiger partial charge is 0.366 e. The molecule has 0 saturated heterocycles. The molecule has 58 valence electrons. The molecule has 0 amide bonds. The SMILES string of the molecule is C=C(Cl)CNC(=S)SCC. The van der Waals surface area contributed by atoms with Gasteiger partial charge in [0, 0.05) is 5.03 Å². The molecule has 0 aliphatic rings. The maximum atomic E-state index is 5.50. The first-order valence-corrected chi connectivity index (χ1v) is 4.68. The number of hydrogen-bond donors (Lipinski definition) is 1. The number of thiocarbonyl (C=S) groups is 1. The van der Waals surface area contributed by atoms with E-state index in [1.165, 1.54) is 0 Å². The lowest BCUT2D eigenvalue weighted by atomic mass is 10.6. The summed E-state index contributed by atoms with van der Waals surface area (Å²) < 4.78 is 0.782. The number of hydrogen-bond acceptors (Lipinski definition) is 2. The van der Waals surface area contributed by atoms with Crippen molar-refractivity contribution in [2.45, 2.75) is 6.92 Å². The van der Waals surface area contributed by atoms with E-state index in [4.69, 9.17) is 23.8 Å². The summed E-state index contributed by atoms with van der Waals surface area (Å²) in [6.45, 7) is 6.13. The second-order valence-electron chi connectivity index (χ2n) is 1.59. The molecule has 0 fully saturated rings.